The molecular weight excluding hydrogens is 233 g/mol. The number of hydrogen-bond acceptors (Lipinski definition) is 3. The second kappa shape index (κ2) is 7.76. The van der Waals surface area contributed by atoms with Crippen molar-refractivity contribution in [1.82, 2.24) is 15.2 Å². The molecule has 0 spiro atoms. The van der Waals surface area contributed by atoms with Gasteiger partial charge in [-0.15, -0.1) is 0 Å². The number of halogens is 1. The summed E-state index contributed by atoms with van der Waals surface area (Å²) < 4.78 is 12.6. The Bertz CT molecular complexity index is 361. The zero-order valence-electron chi connectivity index (χ0n) is 10.9. The van der Waals surface area contributed by atoms with E-state index < -0.39 is 0 Å². The minimum absolute atomic E-state index is 0.0561. The molecule has 0 saturated carbocycles. The number of amides is 1. The molecule has 0 bridgehead atoms. The minimum Gasteiger partial charge on any atom is -0.340 e. The van der Waals surface area contributed by atoms with E-state index in [4.69, 9.17) is 0 Å². The fraction of sp³-hybridized carbons (Fsp3) is 0.538. The molecule has 1 N–H and O–H groups in total. The number of nitrogens with zero attached hydrogens (tertiary/aromatic N) is 2. The number of carbonyl (C=O) groups excluding carboxylic acids is 1. The average molecular weight is 253 g/mol. The molecule has 1 saturated heterocycles. The van der Waals surface area contributed by atoms with Crippen LogP contribution in [0.2, 0.25) is 0 Å². The van der Waals surface area contributed by atoms with Crippen molar-refractivity contribution in [1.29, 1.82) is 0 Å². The van der Waals surface area contributed by atoms with E-state index in [1.54, 1.807) is 6.07 Å². The second-order valence-electron chi connectivity index (χ2n) is 3.78. The molecule has 1 fully saturated rings. The lowest BCUT2D eigenvalue weighted by Crippen LogP contribution is -2.47. The van der Waals surface area contributed by atoms with E-state index in [1.165, 1.54) is 6.07 Å². The molecule has 1 aliphatic heterocycles. The lowest BCUT2D eigenvalue weighted by atomic mass is 10.2. The number of hydrogen-bond donors (Lipinski definition) is 1. The SMILES string of the molecule is CC.O=C(Cc1ccc(F)cn1)N1CCNCC1. The first-order valence-corrected chi connectivity index (χ1v) is 6.34. The molecule has 1 amide bonds. The zero-order chi connectivity index (χ0) is 13.4. The fourth-order valence-corrected chi connectivity index (χ4v) is 1.69. The molecule has 4 nitrogen and oxygen atoms in total. The maximum Gasteiger partial charge on any atom is 0.228 e. The summed E-state index contributed by atoms with van der Waals surface area (Å²) in [5.74, 6) is -0.320. The molecule has 0 aliphatic carbocycles. The summed E-state index contributed by atoms with van der Waals surface area (Å²) in [6.07, 6.45) is 1.39. The normalized spacial score (nSPS) is 14.7. The van der Waals surface area contributed by atoms with Gasteiger partial charge in [-0.05, 0) is 12.1 Å². The van der Waals surface area contributed by atoms with E-state index in [-0.39, 0.29) is 18.1 Å². The summed E-state index contributed by atoms with van der Waals surface area (Å²) in [7, 11) is 0. The standard InChI is InChI=1S/C11H14FN3O.C2H6/c12-9-1-2-10(14-8-9)7-11(16)15-5-3-13-4-6-15;1-2/h1-2,8,13H,3-7H2;1-2H3. The van der Waals surface area contributed by atoms with Crippen molar-refractivity contribution in [2.45, 2.75) is 20.3 Å². The fourth-order valence-electron chi connectivity index (χ4n) is 1.69. The molecule has 5 heteroatoms. The Kier molecular flexibility index (Phi) is 6.28. The highest BCUT2D eigenvalue weighted by molar-refractivity contribution is 5.78. The van der Waals surface area contributed by atoms with Gasteiger partial charge in [0.25, 0.3) is 0 Å². The highest BCUT2D eigenvalue weighted by atomic mass is 19.1. The van der Waals surface area contributed by atoms with Crippen LogP contribution in [-0.2, 0) is 11.2 Å². The van der Waals surface area contributed by atoms with E-state index >= 15 is 0 Å². The number of aromatic nitrogens is 1. The number of rotatable bonds is 2. The van der Waals surface area contributed by atoms with Crippen LogP contribution in [0.1, 0.15) is 19.5 Å². The molecule has 0 atom stereocenters. The molecule has 100 valence electrons. The van der Waals surface area contributed by atoms with Crippen LogP contribution >= 0.6 is 0 Å². The number of piperazine rings is 1. The van der Waals surface area contributed by atoms with Crippen molar-refractivity contribution < 1.29 is 9.18 Å². The highest BCUT2D eigenvalue weighted by Gasteiger charge is 2.16. The van der Waals surface area contributed by atoms with Gasteiger partial charge in [0.1, 0.15) is 5.82 Å². The molecule has 2 heterocycles. The van der Waals surface area contributed by atoms with E-state index in [0.717, 1.165) is 32.4 Å². The lowest BCUT2D eigenvalue weighted by Gasteiger charge is -2.27. The smallest absolute Gasteiger partial charge is 0.228 e. The molecule has 1 aromatic rings. The van der Waals surface area contributed by atoms with Gasteiger partial charge in [0.15, 0.2) is 0 Å². The van der Waals surface area contributed by atoms with Crippen LogP contribution in [0.25, 0.3) is 0 Å². The zero-order valence-corrected chi connectivity index (χ0v) is 10.9. The van der Waals surface area contributed by atoms with Gasteiger partial charge < -0.3 is 10.2 Å². The van der Waals surface area contributed by atoms with Gasteiger partial charge in [-0.1, -0.05) is 13.8 Å². The quantitative estimate of drug-likeness (QED) is 0.862. The molecule has 0 radical (unpaired) electrons. The first kappa shape index (κ1) is 14.6. The van der Waals surface area contributed by atoms with Gasteiger partial charge in [-0.25, -0.2) is 4.39 Å². The topological polar surface area (TPSA) is 45.2 Å². The van der Waals surface area contributed by atoms with E-state index in [1.807, 2.05) is 18.7 Å². The first-order chi connectivity index (χ1) is 8.75. The Morgan fingerprint density at radius 2 is 2.06 bits per heavy atom. The van der Waals surface area contributed by atoms with Crippen molar-refractivity contribution in [3.05, 3.63) is 29.8 Å². The van der Waals surface area contributed by atoms with Crippen molar-refractivity contribution in [3.8, 4) is 0 Å². The molecule has 1 aromatic heterocycles. The van der Waals surface area contributed by atoms with Crippen LogP contribution in [0.5, 0.6) is 0 Å². The van der Waals surface area contributed by atoms with Gasteiger partial charge in [-0.2, -0.15) is 0 Å². The van der Waals surface area contributed by atoms with Crippen molar-refractivity contribution in [3.63, 3.8) is 0 Å². The first-order valence-electron chi connectivity index (χ1n) is 6.34. The van der Waals surface area contributed by atoms with Gasteiger partial charge in [0, 0.05) is 31.9 Å². The molecule has 0 aromatic carbocycles. The number of nitrogens with one attached hydrogen (secondary N) is 1. The van der Waals surface area contributed by atoms with E-state index in [2.05, 4.69) is 10.3 Å². The second-order valence-corrected chi connectivity index (χ2v) is 3.78. The maximum atomic E-state index is 12.6. The Labute approximate surface area is 107 Å². The third-order valence-corrected chi connectivity index (χ3v) is 2.59. The summed E-state index contributed by atoms with van der Waals surface area (Å²) in [6.45, 7) is 7.14. The van der Waals surface area contributed by atoms with Crippen LogP contribution in [0.15, 0.2) is 18.3 Å². The molecule has 1 aliphatic rings. The third-order valence-electron chi connectivity index (χ3n) is 2.59. The van der Waals surface area contributed by atoms with Gasteiger partial charge >= 0.3 is 0 Å². The van der Waals surface area contributed by atoms with E-state index in [9.17, 15) is 9.18 Å². The maximum absolute atomic E-state index is 12.6. The predicted octanol–water partition coefficient (Wildman–Crippen LogP) is 1.22. The predicted molar refractivity (Wildman–Crippen MR) is 68.7 cm³/mol. The summed E-state index contributed by atoms with van der Waals surface area (Å²) in [5, 5.41) is 3.18. The summed E-state index contributed by atoms with van der Waals surface area (Å²) in [4.78, 5) is 17.5. The molecule has 18 heavy (non-hydrogen) atoms. The van der Waals surface area contributed by atoms with Gasteiger partial charge in [0.2, 0.25) is 5.91 Å². The largest absolute Gasteiger partial charge is 0.340 e. The minimum atomic E-state index is -0.377. The molecular formula is C13H20FN3O. The number of carbonyl (C=O) groups is 1. The van der Waals surface area contributed by atoms with Crippen molar-refractivity contribution >= 4 is 5.91 Å². The van der Waals surface area contributed by atoms with Crippen LogP contribution in [0.3, 0.4) is 0 Å². The Morgan fingerprint density at radius 1 is 1.39 bits per heavy atom. The van der Waals surface area contributed by atoms with Crippen LogP contribution in [0, 0.1) is 5.82 Å². The molecule has 0 unspecified atom stereocenters. The Hall–Kier alpha value is -1.49. The summed E-state index contributed by atoms with van der Waals surface area (Å²) in [5.41, 5.74) is 0.616. The third kappa shape index (κ3) is 4.41. The van der Waals surface area contributed by atoms with Crippen LogP contribution < -0.4 is 5.32 Å². The van der Waals surface area contributed by atoms with Crippen LogP contribution in [0.4, 0.5) is 4.39 Å². The average Bonchev–Trinajstić information content (AvgIpc) is 2.44. The molecule has 2 rings (SSSR count). The Balaban J connectivity index is 0.000000771. The highest BCUT2D eigenvalue weighted by Crippen LogP contribution is 2.02. The monoisotopic (exact) mass is 253 g/mol. The van der Waals surface area contributed by atoms with Crippen LogP contribution in [-0.4, -0.2) is 42.0 Å². The summed E-state index contributed by atoms with van der Waals surface area (Å²) >= 11 is 0. The van der Waals surface area contributed by atoms with Crippen molar-refractivity contribution in [2.24, 2.45) is 0 Å². The summed E-state index contributed by atoms with van der Waals surface area (Å²) in [6, 6.07) is 2.88. The van der Waals surface area contributed by atoms with Crippen molar-refractivity contribution in [2.75, 3.05) is 26.2 Å². The lowest BCUT2D eigenvalue weighted by molar-refractivity contribution is -0.131. The number of pyridine rings is 1. The van der Waals surface area contributed by atoms with Gasteiger partial charge in [0.05, 0.1) is 12.6 Å². The van der Waals surface area contributed by atoms with Gasteiger partial charge in [-0.3, -0.25) is 9.78 Å². The van der Waals surface area contributed by atoms with E-state index in [0.29, 0.717) is 5.69 Å². The Morgan fingerprint density at radius 3 is 2.61 bits per heavy atom.